The Morgan fingerprint density at radius 2 is 1.62 bits per heavy atom. The third-order valence-electron chi connectivity index (χ3n) is 3.55. The van der Waals surface area contributed by atoms with Crippen LogP contribution in [0.25, 0.3) is 0 Å². The maximum atomic E-state index is 12.4. The number of nitrogens with two attached hydrogens (primary N) is 1. The summed E-state index contributed by atoms with van der Waals surface area (Å²) in [5.74, 6) is -0.0828. The number of carbonyl (C=O) groups is 1. The molecule has 118 valence electrons. The van der Waals surface area contributed by atoms with Crippen LogP contribution in [0, 0.1) is 10.8 Å². The van der Waals surface area contributed by atoms with Gasteiger partial charge in [0.05, 0.1) is 12.1 Å². The Labute approximate surface area is 129 Å². The molecule has 0 heterocycles. The first-order valence-corrected chi connectivity index (χ1v) is 7.61. The van der Waals surface area contributed by atoms with Crippen molar-refractivity contribution in [3.63, 3.8) is 0 Å². The summed E-state index contributed by atoms with van der Waals surface area (Å²) in [5, 5.41) is 3.13. The number of rotatable bonds is 4. The molecule has 1 unspecified atom stereocenters. The lowest BCUT2D eigenvalue weighted by atomic mass is 9.84. The van der Waals surface area contributed by atoms with Crippen LogP contribution in [-0.4, -0.2) is 11.9 Å². The van der Waals surface area contributed by atoms with Crippen molar-refractivity contribution in [2.24, 2.45) is 16.6 Å². The first-order valence-electron chi connectivity index (χ1n) is 7.61. The van der Waals surface area contributed by atoms with Gasteiger partial charge in [0.1, 0.15) is 0 Å². The second-order valence-corrected chi connectivity index (χ2v) is 8.08. The SMILES string of the molecule is CC(C)(C)CC(NC(=O)[C@H](N)C(C)(C)C)c1ccccc1. The zero-order valence-corrected chi connectivity index (χ0v) is 14.2. The van der Waals surface area contributed by atoms with Gasteiger partial charge in [0, 0.05) is 0 Å². The molecular formula is C18H30N2O. The maximum absolute atomic E-state index is 12.4. The van der Waals surface area contributed by atoms with E-state index in [2.05, 4.69) is 38.2 Å². The summed E-state index contributed by atoms with van der Waals surface area (Å²) in [7, 11) is 0. The molecule has 0 aliphatic rings. The summed E-state index contributed by atoms with van der Waals surface area (Å²) in [5.41, 5.74) is 7.08. The highest BCUT2D eigenvalue weighted by Crippen LogP contribution is 2.30. The summed E-state index contributed by atoms with van der Waals surface area (Å²) in [6, 6.07) is 9.58. The number of hydrogen-bond donors (Lipinski definition) is 2. The highest BCUT2D eigenvalue weighted by atomic mass is 16.2. The van der Waals surface area contributed by atoms with E-state index in [0.29, 0.717) is 0 Å². The molecule has 1 aromatic carbocycles. The molecule has 2 atom stereocenters. The van der Waals surface area contributed by atoms with Crippen molar-refractivity contribution in [2.45, 2.75) is 60.0 Å². The van der Waals surface area contributed by atoms with E-state index in [1.165, 1.54) is 0 Å². The van der Waals surface area contributed by atoms with Gasteiger partial charge in [-0.3, -0.25) is 4.79 Å². The predicted octanol–water partition coefficient (Wildman–Crippen LogP) is 3.65. The standard InChI is InChI=1S/C18H30N2O/c1-17(2,3)12-14(13-10-8-7-9-11-13)20-16(21)15(19)18(4,5)6/h7-11,14-15H,12,19H2,1-6H3,(H,20,21)/t14?,15-/m0/s1. The molecule has 3 N–H and O–H groups in total. The second-order valence-electron chi connectivity index (χ2n) is 8.08. The monoisotopic (exact) mass is 290 g/mol. The lowest BCUT2D eigenvalue weighted by Gasteiger charge is -2.31. The van der Waals surface area contributed by atoms with Gasteiger partial charge in [-0.2, -0.15) is 0 Å². The highest BCUT2D eigenvalue weighted by Gasteiger charge is 2.30. The van der Waals surface area contributed by atoms with Gasteiger partial charge in [-0.05, 0) is 22.8 Å². The Morgan fingerprint density at radius 3 is 2.05 bits per heavy atom. The van der Waals surface area contributed by atoms with Crippen LogP contribution in [0.5, 0.6) is 0 Å². The Hall–Kier alpha value is -1.35. The van der Waals surface area contributed by atoms with Crippen LogP contribution in [0.1, 0.15) is 59.6 Å². The molecule has 0 saturated heterocycles. The van der Waals surface area contributed by atoms with Crippen molar-refractivity contribution in [2.75, 3.05) is 0 Å². The van der Waals surface area contributed by atoms with Crippen LogP contribution in [0.4, 0.5) is 0 Å². The topological polar surface area (TPSA) is 55.1 Å². The molecule has 0 radical (unpaired) electrons. The Kier molecular flexibility index (Phi) is 5.57. The van der Waals surface area contributed by atoms with E-state index in [1.54, 1.807) is 0 Å². The van der Waals surface area contributed by atoms with Crippen LogP contribution < -0.4 is 11.1 Å². The summed E-state index contributed by atoms with van der Waals surface area (Å²) in [4.78, 5) is 12.4. The number of nitrogens with one attached hydrogen (secondary N) is 1. The molecule has 21 heavy (non-hydrogen) atoms. The van der Waals surface area contributed by atoms with Crippen molar-refractivity contribution < 1.29 is 4.79 Å². The fourth-order valence-corrected chi connectivity index (χ4v) is 2.20. The summed E-state index contributed by atoms with van der Waals surface area (Å²) < 4.78 is 0. The molecule has 1 rings (SSSR count). The van der Waals surface area contributed by atoms with E-state index in [1.807, 2.05) is 39.0 Å². The third kappa shape index (κ3) is 5.88. The molecule has 0 aromatic heterocycles. The minimum Gasteiger partial charge on any atom is -0.348 e. The molecule has 3 nitrogen and oxygen atoms in total. The van der Waals surface area contributed by atoms with Gasteiger partial charge >= 0.3 is 0 Å². The molecule has 0 spiro atoms. The van der Waals surface area contributed by atoms with Gasteiger partial charge in [0.2, 0.25) is 5.91 Å². The minimum absolute atomic E-state index is 0.00731. The van der Waals surface area contributed by atoms with E-state index < -0.39 is 6.04 Å². The van der Waals surface area contributed by atoms with Crippen molar-refractivity contribution in [3.05, 3.63) is 35.9 Å². The maximum Gasteiger partial charge on any atom is 0.237 e. The largest absolute Gasteiger partial charge is 0.348 e. The van der Waals surface area contributed by atoms with Gasteiger partial charge in [-0.1, -0.05) is 71.9 Å². The summed E-state index contributed by atoms with van der Waals surface area (Å²) in [6.45, 7) is 12.5. The second kappa shape index (κ2) is 6.61. The Bertz CT molecular complexity index is 454. The lowest BCUT2D eigenvalue weighted by Crippen LogP contribution is -2.49. The molecule has 1 amide bonds. The normalized spacial score (nSPS) is 15.4. The quantitative estimate of drug-likeness (QED) is 0.889. The summed E-state index contributed by atoms with van der Waals surface area (Å²) in [6.07, 6.45) is 0.875. The number of hydrogen-bond acceptors (Lipinski definition) is 2. The van der Waals surface area contributed by atoms with Gasteiger partial charge in [0.15, 0.2) is 0 Å². The zero-order chi connectivity index (χ0) is 16.3. The van der Waals surface area contributed by atoms with Gasteiger partial charge in [0.25, 0.3) is 0 Å². The molecule has 0 aliphatic heterocycles. The van der Waals surface area contributed by atoms with Gasteiger partial charge in [-0.15, -0.1) is 0 Å². The summed E-state index contributed by atoms with van der Waals surface area (Å²) >= 11 is 0. The van der Waals surface area contributed by atoms with Crippen LogP contribution >= 0.6 is 0 Å². The van der Waals surface area contributed by atoms with E-state index in [9.17, 15) is 4.79 Å². The lowest BCUT2D eigenvalue weighted by molar-refractivity contribution is -0.125. The van der Waals surface area contributed by atoms with Crippen molar-refractivity contribution in [1.29, 1.82) is 0 Å². The molecule has 0 bridgehead atoms. The van der Waals surface area contributed by atoms with E-state index >= 15 is 0 Å². The Morgan fingerprint density at radius 1 is 1.10 bits per heavy atom. The van der Waals surface area contributed by atoms with E-state index in [0.717, 1.165) is 12.0 Å². The minimum atomic E-state index is -0.510. The van der Waals surface area contributed by atoms with E-state index in [-0.39, 0.29) is 22.8 Å². The zero-order valence-electron chi connectivity index (χ0n) is 14.2. The van der Waals surface area contributed by atoms with Gasteiger partial charge < -0.3 is 11.1 Å². The molecule has 0 fully saturated rings. The van der Waals surface area contributed by atoms with Gasteiger partial charge in [-0.25, -0.2) is 0 Å². The van der Waals surface area contributed by atoms with Crippen LogP contribution in [0.3, 0.4) is 0 Å². The van der Waals surface area contributed by atoms with Crippen LogP contribution in [-0.2, 0) is 4.79 Å². The molecule has 1 aromatic rings. The van der Waals surface area contributed by atoms with Crippen molar-refractivity contribution in [1.82, 2.24) is 5.32 Å². The number of amides is 1. The first-order chi connectivity index (χ1) is 9.50. The fraction of sp³-hybridized carbons (Fsp3) is 0.611. The van der Waals surface area contributed by atoms with Crippen molar-refractivity contribution in [3.8, 4) is 0 Å². The third-order valence-corrected chi connectivity index (χ3v) is 3.55. The molecular weight excluding hydrogens is 260 g/mol. The van der Waals surface area contributed by atoms with E-state index in [4.69, 9.17) is 5.73 Å². The number of benzene rings is 1. The Balaban J connectivity index is 2.91. The van der Waals surface area contributed by atoms with Crippen LogP contribution in [0.2, 0.25) is 0 Å². The van der Waals surface area contributed by atoms with Crippen LogP contribution in [0.15, 0.2) is 30.3 Å². The smallest absolute Gasteiger partial charge is 0.237 e. The molecule has 3 heteroatoms. The predicted molar refractivity (Wildman–Crippen MR) is 88.8 cm³/mol. The average molecular weight is 290 g/mol. The van der Waals surface area contributed by atoms with Crippen molar-refractivity contribution >= 4 is 5.91 Å². The average Bonchev–Trinajstić information content (AvgIpc) is 2.35. The fourth-order valence-electron chi connectivity index (χ4n) is 2.20. The number of carbonyl (C=O) groups excluding carboxylic acids is 1. The molecule has 0 saturated carbocycles. The highest BCUT2D eigenvalue weighted by molar-refractivity contribution is 5.82. The molecule has 0 aliphatic carbocycles. The first kappa shape index (κ1) is 17.7.